The van der Waals surface area contributed by atoms with Crippen molar-refractivity contribution < 1.29 is 17.6 Å². The van der Waals surface area contributed by atoms with Crippen LogP contribution in [0.1, 0.15) is 17.3 Å². The summed E-state index contributed by atoms with van der Waals surface area (Å²) >= 11 is 4.54. The second kappa shape index (κ2) is 6.66. The highest BCUT2D eigenvalue weighted by molar-refractivity contribution is 9.10. The number of nitrogens with zero attached hydrogens (tertiary/aromatic N) is 1. The molecule has 0 radical (unpaired) electrons. The lowest BCUT2D eigenvalue weighted by molar-refractivity contribution is 0.0749. The third kappa shape index (κ3) is 3.60. The highest BCUT2D eigenvalue weighted by atomic mass is 79.9. The lowest BCUT2D eigenvalue weighted by atomic mass is 10.2. The topological polar surface area (TPSA) is 54.5 Å². The van der Waals surface area contributed by atoms with Crippen LogP contribution in [-0.2, 0) is 9.84 Å². The van der Waals surface area contributed by atoms with Gasteiger partial charge in [0, 0.05) is 29.4 Å². The maximum atomic E-state index is 13.6. The molecule has 2 rings (SSSR count). The van der Waals surface area contributed by atoms with Gasteiger partial charge in [-0.05, 0) is 34.1 Å². The molecule has 0 aliphatic carbocycles. The molecule has 1 aliphatic rings. The number of rotatable bonds is 3. The van der Waals surface area contributed by atoms with Crippen molar-refractivity contribution in [2.24, 2.45) is 0 Å². The van der Waals surface area contributed by atoms with Crippen LogP contribution in [0.5, 0.6) is 0 Å². The largest absolute Gasteiger partial charge is 0.320 e. The van der Waals surface area contributed by atoms with Crippen molar-refractivity contribution in [1.82, 2.24) is 4.90 Å². The molecule has 0 spiro atoms. The summed E-state index contributed by atoms with van der Waals surface area (Å²) in [7, 11) is -3.36. The zero-order valence-electron chi connectivity index (χ0n) is 11.4. The highest BCUT2D eigenvalue weighted by Gasteiger charge is 2.36. The van der Waals surface area contributed by atoms with Crippen LogP contribution in [0.2, 0.25) is 0 Å². The van der Waals surface area contributed by atoms with E-state index in [1.54, 1.807) is 6.92 Å². The number of carbonyl (C=O) groups excluding carboxylic acids is 1. The molecule has 1 saturated heterocycles. The quantitative estimate of drug-likeness (QED) is 0.788. The molecule has 1 amide bonds. The van der Waals surface area contributed by atoms with E-state index in [9.17, 15) is 17.6 Å². The number of hydrogen-bond acceptors (Lipinski definition) is 4. The van der Waals surface area contributed by atoms with Crippen LogP contribution in [0.15, 0.2) is 22.7 Å². The van der Waals surface area contributed by atoms with E-state index < -0.39 is 26.9 Å². The fourth-order valence-electron chi connectivity index (χ4n) is 2.10. The van der Waals surface area contributed by atoms with Gasteiger partial charge in [0.05, 0.1) is 4.47 Å². The van der Waals surface area contributed by atoms with Crippen molar-refractivity contribution in [3.63, 3.8) is 0 Å². The van der Waals surface area contributed by atoms with Gasteiger partial charge in [-0.1, -0.05) is 6.92 Å². The van der Waals surface area contributed by atoms with E-state index in [4.69, 9.17) is 0 Å². The molecule has 1 aromatic carbocycles. The van der Waals surface area contributed by atoms with E-state index in [1.165, 1.54) is 28.8 Å². The molecule has 1 atom stereocenters. The number of benzene rings is 1. The van der Waals surface area contributed by atoms with Gasteiger partial charge < -0.3 is 4.90 Å². The van der Waals surface area contributed by atoms with E-state index in [-0.39, 0.29) is 15.8 Å². The molecule has 1 aliphatic heterocycles. The number of hydrogen-bond donors (Lipinski definition) is 0. The van der Waals surface area contributed by atoms with Gasteiger partial charge in [0.2, 0.25) is 0 Å². The summed E-state index contributed by atoms with van der Waals surface area (Å²) in [5.74, 6) is 0.0452. The van der Waals surface area contributed by atoms with Gasteiger partial charge in [-0.2, -0.15) is 11.8 Å². The van der Waals surface area contributed by atoms with Gasteiger partial charge >= 0.3 is 0 Å². The number of sulfone groups is 1. The first-order valence-corrected chi connectivity index (χ1v) is 10.1. The molecule has 1 fully saturated rings. The van der Waals surface area contributed by atoms with Gasteiger partial charge in [-0.25, -0.2) is 12.8 Å². The third-order valence-corrected chi connectivity index (χ3v) is 7.26. The maximum absolute atomic E-state index is 13.6. The summed E-state index contributed by atoms with van der Waals surface area (Å²) in [4.78, 5) is 13.9. The first-order valence-electron chi connectivity index (χ1n) is 6.42. The van der Waals surface area contributed by atoms with E-state index in [0.717, 1.165) is 6.07 Å². The second-order valence-electron chi connectivity index (χ2n) is 4.61. The number of thioether (sulfide) groups is 1. The zero-order valence-corrected chi connectivity index (χ0v) is 14.6. The van der Waals surface area contributed by atoms with Crippen LogP contribution in [0, 0.1) is 5.82 Å². The molecule has 0 aromatic heterocycles. The smallest absolute Gasteiger partial charge is 0.255 e. The minimum Gasteiger partial charge on any atom is -0.320 e. The average molecular weight is 396 g/mol. The molecular formula is C13H15BrFNO3S2. The standard InChI is InChI=1S/C13H15BrFNO3S2/c1-2-21(18,19)12-8-20-6-5-16(12)13(17)9-3-4-10(14)11(15)7-9/h3-4,7,12H,2,5-6,8H2,1H3. The minimum atomic E-state index is -3.36. The highest BCUT2D eigenvalue weighted by Crippen LogP contribution is 2.24. The van der Waals surface area contributed by atoms with Gasteiger partial charge in [-0.3, -0.25) is 4.79 Å². The summed E-state index contributed by atoms with van der Waals surface area (Å²) in [5.41, 5.74) is 0.166. The van der Waals surface area contributed by atoms with Crippen LogP contribution >= 0.6 is 27.7 Å². The summed E-state index contributed by atoms with van der Waals surface area (Å²) in [5, 5.41) is -0.833. The SMILES string of the molecule is CCS(=O)(=O)C1CSCCN1C(=O)c1ccc(Br)c(F)c1. The fourth-order valence-corrected chi connectivity index (χ4v) is 5.31. The Labute approximate surface area is 136 Å². The first kappa shape index (κ1) is 16.8. The molecule has 0 saturated carbocycles. The van der Waals surface area contributed by atoms with E-state index in [1.807, 2.05) is 0 Å². The van der Waals surface area contributed by atoms with Crippen LogP contribution in [0.25, 0.3) is 0 Å². The average Bonchev–Trinajstić information content (AvgIpc) is 2.49. The second-order valence-corrected chi connectivity index (χ2v) is 9.06. The zero-order chi connectivity index (χ0) is 15.6. The van der Waals surface area contributed by atoms with Crippen molar-refractivity contribution in [2.45, 2.75) is 12.3 Å². The molecule has 21 heavy (non-hydrogen) atoms. The van der Waals surface area contributed by atoms with Gasteiger partial charge in [0.1, 0.15) is 11.2 Å². The Balaban J connectivity index is 2.33. The summed E-state index contributed by atoms with van der Waals surface area (Å²) < 4.78 is 38.1. The summed E-state index contributed by atoms with van der Waals surface area (Å²) in [6, 6.07) is 4.07. The Bertz CT molecular complexity index is 651. The first-order chi connectivity index (χ1) is 9.86. The Kier molecular flexibility index (Phi) is 5.32. The van der Waals surface area contributed by atoms with Crippen LogP contribution in [0.3, 0.4) is 0 Å². The minimum absolute atomic E-state index is 0.0172. The lowest BCUT2D eigenvalue weighted by Crippen LogP contribution is -2.50. The molecular weight excluding hydrogens is 381 g/mol. The maximum Gasteiger partial charge on any atom is 0.255 e. The molecule has 4 nitrogen and oxygen atoms in total. The Morgan fingerprint density at radius 3 is 2.86 bits per heavy atom. The predicted molar refractivity (Wildman–Crippen MR) is 85.7 cm³/mol. The van der Waals surface area contributed by atoms with E-state index >= 15 is 0 Å². The van der Waals surface area contributed by atoms with Crippen molar-refractivity contribution >= 4 is 43.4 Å². The summed E-state index contributed by atoms with van der Waals surface area (Å²) in [6.45, 7) is 1.92. The lowest BCUT2D eigenvalue weighted by Gasteiger charge is -2.34. The molecule has 1 heterocycles. The molecule has 8 heteroatoms. The van der Waals surface area contributed by atoms with E-state index in [2.05, 4.69) is 15.9 Å². The van der Waals surface area contributed by atoms with Crippen LogP contribution < -0.4 is 0 Å². The Morgan fingerprint density at radius 1 is 1.52 bits per heavy atom. The molecule has 1 unspecified atom stereocenters. The van der Waals surface area contributed by atoms with Crippen molar-refractivity contribution in [1.29, 1.82) is 0 Å². The Hall–Kier alpha value is -0.600. The van der Waals surface area contributed by atoms with Gasteiger partial charge in [0.25, 0.3) is 5.91 Å². The molecule has 0 bridgehead atoms. The monoisotopic (exact) mass is 395 g/mol. The van der Waals surface area contributed by atoms with Crippen molar-refractivity contribution in [3.05, 3.63) is 34.1 Å². The normalized spacial score (nSPS) is 19.6. The van der Waals surface area contributed by atoms with Crippen LogP contribution in [-0.4, -0.2) is 48.4 Å². The van der Waals surface area contributed by atoms with Crippen molar-refractivity contribution in [2.75, 3.05) is 23.8 Å². The number of halogens is 2. The molecule has 1 aromatic rings. The van der Waals surface area contributed by atoms with E-state index in [0.29, 0.717) is 18.1 Å². The fraction of sp³-hybridized carbons (Fsp3) is 0.462. The van der Waals surface area contributed by atoms with Crippen molar-refractivity contribution in [3.8, 4) is 0 Å². The third-order valence-electron chi connectivity index (χ3n) is 3.33. The van der Waals surface area contributed by atoms with Gasteiger partial charge in [-0.15, -0.1) is 0 Å². The number of carbonyl (C=O) groups is 1. The predicted octanol–water partition coefficient (Wildman–Crippen LogP) is 2.54. The Morgan fingerprint density at radius 2 is 2.24 bits per heavy atom. The molecule has 0 N–H and O–H groups in total. The summed E-state index contributed by atoms with van der Waals surface area (Å²) in [6.07, 6.45) is 0. The van der Waals surface area contributed by atoms with Crippen LogP contribution in [0.4, 0.5) is 4.39 Å². The number of amides is 1. The molecule has 116 valence electrons. The van der Waals surface area contributed by atoms with Gasteiger partial charge in [0.15, 0.2) is 9.84 Å².